The van der Waals surface area contributed by atoms with Gasteiger partial charge >= 0.3 is 0 Å². The Bertz CT molecular complexity index is 695. The van der Waals surface area contributed by atoms with Gasteiger partial charge in [0.2, 0.25) is 0 Å². The summed E-state index contributed by atoms with van der Waals surface area (Å²) in [7, 11) is 0. The fraction of sp³-hybridized carbons (Fsp3) is 0.316. The average molecular weight is 389 g/mol. The molecule has 1 aliphatic heterocycles. The SMILES string of the molecule is Cc1ccccc1N1CCN(C(=O)COc2ccc(Br)cc2)CC1. The summed E-state index contributed by atoms with van der Waals surface area (Å²) >= 11 is 3.38. The lowest BCUT2D eigenvalue weighted by atomic mass is 10.1. The van der Waals surface area contributed by atoms with Gasteiger partial charge in [0, 0.05) is 36.3 Å². The largest absolute Gasteiger partial charge is 0.484 e. The molecule has 0 aromatic heterocycles. The van der Waals surface area contributed by atoms with Crippen molar-refractivity contribution in [1.29, 1.82) is 0 Å². The van der Waals surface area contributed by atoms with E-state index in [1.807, 2.05) is 29.2 Å². The second-order valence-electron chi connectivity index (χ2n) is 5.90. The number of ether oxygens (including phenoxy) is 1. The molecule has 0 aliphatic carbocycles. The Kier molecular flexibility index (Phi) is 5.41. The summed E-state index contributed by atoms with van der Waals surface area (Å²) in [6, 6.07) is 15.9. The highest BCUT2D eigenvalue weighted by Crippen LogP contribution is 2.21. The van der Waals surface area contributed by atoms with E-state index in [0.717, 1.165) is 30.7 Å². The molecule has 2 aromatic carbocycles. The monoisotopic (exact) mass is 388 g/mol. The van der Waals surface area contributed by atoms with E-state index >= 15 is 0 Å². The standard InChI is InChI=1S/C19H21BrN2O2/c1-15-4-2-3-5-18(15)21-10-12-22(13-11-21)19(23)14-24-17-8-6-16(20)7-9-17/h2-9H,10-14H2,1H3. The number of anilines is 1. The first-order valence-corrected chi connectivity index (χ1v) is 8.89. The molecule has 24 heavy (non-hydrogen) atoms. The van der Waals surface area contributed by atoms with Gasteiger partial charge in [-0.1, -0.05) is 34.1 Å². The van der Waals surface area contributed by atoms with Crippen LogP contribution in [0.2, 0.25) is 0 Å². The van der Waals surface area contributed by atoms with E-state index in [1.165, 1.54) is 11.3 Å². The van der Waals surface area contributed by atoms with Crippen LogP contribution in [-0.2, 0) is 4.79 Å². The van der Waals surface area contributed by atoms with E-state index in [2.05, 4.69) is 52.0 Å². The van der Waals surface area contributed by atoms with Crippen molar-refractivity contribution in [3.63, 3.8) is 0 Å². The Hall–Kier alpha value is -2.01. The zero-order valence-electron chi connectivity index (χ0n) is 13.7. The fourth-order valence-corrected chi connectivity index (χ4v) is 3.15. The average Bonchev–Trinajstić information content (AvgIpc) is 2.61. The molecule has 1 fully saturated rings. The van der Waals surface area contributed by atoms with Crippen LogP contribution in [0.1, 0.15) is 5.56 Å². The predicted molar refractivity (Wildman–Crippen MR) is 99.6 cm³/mol. The number of carbonyl (C=O) groups excluding carboxylic acids is 1. The second kappa shape index (κ2) is 7.71. The summed E-state index contributed by atoms with van der Waals surface area (Å²) < 4.78 is 6.57. The van der Waals surface area contributed by atoms with Crippen LogP contribution < -0.4 is 9.64 Å². The number of rotatable bonds is 4. The number of para-hydroxylation sites is 1. The molecule has 126 valence electrons. The third kappa shape index (κ3) is 4.09. The first-order chi connectivity index (χ1) is 11.6. The molecule has 5 heteroatoms. The van der Waals surface area contributed by atoms with Crippen molar-refractivity contribution in [1.82, 2.24) is 4.90 Å². The molecule has 4 nitrogen and oxygen atoms in total. The van der Waals surface area contributed by atoms with Gasteiger partial charge in [-0.05, 0) is 42.8 Å². The molecule has 0 spiro atoms. The number of benzene rings is 2. The number of piperazine rings is 1. The van der Waals surface area contributed by atoms with Crippen molar-refractivity contribution < 1.29 is 9.53 Å². The van der Waals surface area contributed by atoms with E-state index < -0.39 is 0 Å². The summed E-state index contributed by atoms with van der Waals surface area (Å²) in [6.07, 6.45) is 0. The second-order valence-corrected chi connectivity index (χ2v) is 6.81. The molecule has 3 rings (SSSR count). The molecule has 1 amide bonds. The van der Waals surface area contributed by atoms with Crippen LogP contribution in [0.15, 0.2) is 53.0 Å². The molecule has 2 aromatic rings. The highest BCUT2D eigenvalue weighted by molar-refractivity contribution is 9.10. The van der Waals surface area contributed by atoms with Crippen LogP contribution in [0, 0.1) is 6.92 Å². The molecule has 0 bridgehead atoms. The lowest BCUT2D eigenvalue weighted by Crippen LogP contribution is -2.50. The Morgan fingerprint density at radius 2 is 1.71 bits per heavy atom. The maximum atomic E-state index is 12.3. The maximum absolute atomic E-state index is 12.3. The van der Waals surface area contributed by atoms with Crippen molar-refractivity contribution in [2.45, 2.75) is 6.92 Å². The molecular formula is C19H21BrN2O2. The lowest BCUT2D eigenvalue weighted by Gasteiger charge is -2.36. The third-order valence-corrected chi connectivity index (χ3v) is 4.79. The summed E-state index contributed by atoms with van der Waals surface area (Å²) in [5.74, 6) is 0.757. The van der Waals surface area contributed by atoms with Gasteiger partial charge in [0.05, 0.1) is 0 Å². The van der Waals surface area contributed by atoms with Gasteiger partial charge in [-0.25, -0.2) is 0 Å². The van der Waals surface area contributed by atoms with E-state index in [4.69, 9.17) is 4.74 Å². The summed E-state index contributed by atoms with van der Waals surface area (Å²) in [6.45, 7) is 5.39. The molecule has 0 N–H and O–H groups in total. The number of aryl methyl sites for hydroxylation is 1. The van der Waals surface area contributed by atoms with Crippen molar-refractivity contribution in [3.05, 3.63) is 58.6 Å². The summed E-state index contributed by atoms with van der Waals surface area (Å²) in [5, 5.41) is 0. The van der Waals surface area contributed by atoms with E-state index in [0.29, 0.717) is 5.75 Å². The minimum Gasteiger partial charge on any atom is -0.484 e. The Labute approximate surface area is 151 Å². The van der Waals surface area contributed by atoms with Gasteiger partial charge in [0.15, 0.2) is 6.61 Å². The minimum absolute atomic E-state index is 0.0438. The molecule has 1 heterocycles. The van der Waals surface area contributed by atoms with Gasteiger partial charge in [-0.15, -0.1) is 0 Å². The third-order valence-electron chi connectivity index (χ3n) is 4.26. The first-order valence-electron chi connectivity index (χ1n) is 8.10. The molecule has 1 saturated heterocycles. The molecule has 0 atom stereocenters. The van der Waals surface area contributed by atoms with Crippen molar-refractivity contribution in [2.24, 2.45) is 0 Å². The normalized spacial score (nSPS) is 14.6. The summed E-state index contributed by atoms with van der Waals surface area (Å²) in [4.78, 5) is 16.5. The molecule has 0 unspecified atom stereocenters. The van der Waals surface area contributed by atoms with Gasteiger partial charge in [0.1, 0.15) is 5.75 Å². The van der Waals surface area contributed by atoms with Crippen molar-refractivity contribution >= 4 is 27.5 Å². The molecular weight excluding hydrogens is 368 g/mol. The van der Waals surface area contributed by atoms with E-state index in [-0.39, 0.29) is 12.5 Å². The van der Waals surface area contributed by atoms with E-state index in [9.17, 15) is 4.79 Å². The van der Waals surface area contributed by atoms with Crippen LogP contribution in [0.3, 0.4) is 0 Å². The lowest BCUT2D eigenvalue weighted by molar-refractivity contribution is -0.133. The Morgan fingerprint density at radius 3 is 2.38 bits per heavy atom. The highest BCUT2D eigenvalue weighted by atomic mass is 79.9. The maximum Gasteiger partial charge on any atom is 0.260 e. The van der Waals surface area contributed by atoms with Gasteiger partial charge in [-0.2, -0.15) is 0 Å². The van der Waals surface area contributed by atoms with Crippen molar-refractivity contribution in [3.8, 4) is 5.75 Å². The predicted octanol–water partition coefficient (Wildman–Crippen LogP) is 3.49. The highest BCUT2D eigenvalue weighted by Gasteiger charge is 2.22. The van der Waals surface area contributed by atoms with Gasteiger partial charge in [-0.3, -0.25) is 4.79 Å². The quantitative estimate of drug-likeness (QED) is 0.803. The molecule has 0 radical (unpaired) electrons. The zero-order valence-corrected chi connectivity index (χ0v) is 15.3. The van der Waals surface area contributed by atoms with Crippen LogP contribution >= 0.6 is 15.9 Å². The first kappa shape index (κ1) is 16.8. The molecule has 1 aliphatic rings. The Morgan fingerprint density at radius 1 is 1.04 bits per heavy atom. The number of hydrogen-bond donors (Lipinski definition) is 0. The number of carbonyl (C=O) groups is 1. The van der Waals surface area contributed by atoms with Gasteiger partial charge in [0.25, 0.3) is 5.91 Å². The summed E-state index contributed by atoms with van der Waals surface area (Å²) in [5.41, 5.74) is 2.53. The number of hydrogen-bond acceptors (Lipinski definition) is 3. The van der Waals surface area contributed by atoms with Crippen LogP contribution in [-0.4, -0.2) is 43.6 Å². The number of nitrogens with zero attached hydrogens (tertiary/aromatic N) is 2. The Balaban J connectivity index is 1.50. The fourth-order valence-electron chi connectivity index (χ4n) is 2.88. The topological polar surface area (TPSA) is 32.8 Å². The smallest absolute Gasteiger partial charge is 0.260 e. The van der Waals surface area contributed by atoms with Crippen molar-refractivity contribution in [2.75, 3.05) is 37.7 Å². The minimum atomic E-state index is 0.0438. The number of halogens is 1. The zero-order chi connectivity index (χ0) is 16.9. The van der Waals surface area contributed by atoms with Gasteiger partial charge < -0.3 is 14.5 Å². The van der Waals surface area contributed by atoms with Crippen LogP contribution in [0.5, 0.6) is 5.75 Å². The molecule has 0 saturated carbocycles. The van der Waals surface area contributed by atoms with E-state index in [1.54, 1.807) is 0 Å². The van der Waals surface area contributed by atoms with Crippen LogP contribution in [0.25, 0.3) is 0 Å². The van der Waals surface area contributed by atoms with Crippen LogP contribution in [0.4, 0.5) is 5.69 Å². The number of amides is 1.